The van der Waals surface area contributed by atoms with Gasteiger partial charge in [-0.3, -0.25) is 14.9 Å². The van der Waals surface area contributed by atoms with Gasteiger partial charge in [-0.1, -0.05) is 30.3 Å². The van der Waals surface area contributed by atoms with Crippen molar-refractivity contribution in [3.8, 4) is 0 Å². The molecule has 140 valence electrons. The highest BCUT2D eigenvalue weighted by Crippen LogP contribution is 2.25. The van der Waals surface area contributed by atoms with Crippen molar-refractivity contribution in [1.29, 1.82) is 0 Å². The van der Waals surface area contributed by atoms with Gasteiger partial charge < -0.3 is 5.32 Å². The second-order valence-electron chi connectivity index (χ2n) is 6.74. The van der Waals surface area contributed by atoms with E-state index in [1.54, 1.807) is 6.07 Å². The Morgan fingerprint density at radius 3 is 3.04 bits per heavy atom. The number of fused-ring (bicyclic) bond motifs is 1. The predicted octanol–water partition coefficient (Wildman–Crippen LogP) is 2.15. The third kappa shape index (κ3) is 3.84. The van der Waals surface area contributed by atoms with Crippen molar-refractivity contribution in [3.05, 3.63) is 66.1 Å². The number of halogens is 1. The molecule has 2 heterocycles. The minimum atomic E-state index is -0.299. The summed E-state index contributed by atoms with van der Waals surface area (Å²) in [5, 5.41) is 8.51. The fourth-order valence-corrected chi connectivity index (χ4v) is 3.53. The average Bonchev–Trinajstić information content (AvgIpc) is 3.32. The molecule has 1 aliphatic heterocycles. The van der Waals surface area contributed by atoms with E-state index in [1.165, 1.54) is 12.1 Å². The van der Waals surface area contributed by atoms with Gasteiger partial charge in [0.1, 0.15) is 5.82 Å². The number of hydrazine groups is 1. The first-order chi connectivity index (χ1) is 13.2. The summed E-state index contributed by atoms with van der Waals surface area (Å²) in [4.78, 5) is 12.6. The van der Waals surface area contributed by atoms with Gasteiger partial charge in [0.05, 0.1) is 23.7 Å². The summed E-state index contributed by atoms with van der Waals surface area (Å²) in [6.45, 7) is 1.82. The number of benzene rings is 2. The highest BCUT2D eigenvalue weighted by Gasteiger charge is 2.33. The monoisotopic (exact) mass is 367 g/mol. The third-order valence-electron chi connectivity index (χ3n) is 4.92. The van der Waals surface area contributed by atoms with Crippen LogP contribution in [0, 0.1) is 11.7 Å². The van der Waals surface area contributed by atoms with Crippen LogP contribution >= 0.6 is 0 Å². The Hall–Kier alpha value is -2.77. The van der Waals surface area contributed by atoms with Gasteiger partial charge in [-0.05, 0) is 30.2 Å². The number of carbonyl (C=O) groups excluding carboxylic acids is 1. The van der Waals surface area contributed by atoms with Crippen LogP contribution in [-0.4, -0.2) is 28.8 Å². The number of aryl methyl sites for hydroxylation is 1. The van der Waals surface area contributed by atoms with Crippen LogP contribution in [0.4, 0.5) is 4.39 Å². The fourth-order valence-electron chi connectivity index (χ4n) is 3.53. The Bertz CT molecular complexity index is 941. The van der Waals surface area contributed by atoms with Crippen LogP contribution in [0.3, 0.4) is 0 Å². The molecule has 0 bridgehead atoms. The number of carbonyl (C=O) groups is 1. The first kappa shape index (κ1) is 17.6. The second-order valence-corrected chi connectivity index (χ2v) is 6.74. The molecule has 3 N–H and O–H groups in total. The number of hydrogen-bond acceptors (Lipinski definition) is 4. The summed E-state index contributed by atoms with van der Waals surface area (Å²) >= 11 is 0. The molecule has 4 rings (SSSR count). The molecule has 27 heavy (non-hydrogen) atoms. The Labute approximate surface area is 156 Å². The molecule has 0 saturated carbocycles. The van der Waals surface area contributed by atoms with E-state index in [9.17, 15) is 9.18 Å². The summed E-state index contributed by atoms with van der Waals surface area (Å²) in [5.41, 5.74) is 7.94. The summed E-state index contributed by atoms with van der Waals surface area (Å²) in [5.74, 6) is -0.615. The minimum Gasteiger partial charge on any atom is -0.356 e. The number of para-hydroxylation sites is 1. The Morgan fingerprint density at radius 1 is 1.26 bits per heavy atom. The lowest BCUT2D eigenvalue weighted by molar-refractivity contribution is -0.124. The molecule has 1 aliphatic rings. The standard InChI is InChI=1S/C20H22FN5O/c21-16-7-3-6-14(11-16)19-17(13-23-25-19)20(27)22-9-4-10-26-18-8-2-1-5-15(18)12-24-26/h1-3,5-8,11-12,17,19,23,25H,4,9-10,13H2,(H,22,27). The van der Waals surface area contributed by atoms with E-state index in [0.29, 0.717) is 13.1 Å². The number of nitrogens with one attached hydrogen (secondary N) is 3. The number of rotatable bonds is 6. The number of nitrogens with zero attached hydrogens (tertiary/aromatic N) is 2. The molecule has 1 saturated heterocycles. The van der Waals surface area contributed by atoms with Crippen LogP contribution in [0.2, 0.25) is 0 Å². The second kappa shape index (κ2) is 7.85. The van der Waals surface area contributed by atoms with Crippen LogP contribution in [0.1, 0.15) is 18.0 Å². The summed E-state index contributed by atoms with van der Waals surface area (Å²) in [6, 6.07) is 14.2. The van der Waals surface area contributed by atoms with Gasteiger partial charge >= 0.3 is 0 Å². The zero-order chi connectivity index (χ0) is 18.6. The lowest BCUT2D eigenvalue weighted by atomic mass is 9.94. The van der Waals surface area contributed by atoms with Gasteiger partial charge in [-0.2, -0.15) is 5.10 Å². The molecule has 1 amide bonds. The molecule has 0 radical (unpaired) electrons. The van der Waals surface area contributed by atoms with Gasteiger partial charge in [0.25, 0.3) is 0 Å². The van der Waals surface area contributed by atoms with E-state index in [-0.39, 0.29) is 23.7 Å². The van der Waals surface area contributed by atoms with Crippen LogP contribution in [0.5, 0.6) is 0 Å². The maximum Gasteiger partial charge on any atom is 0.226 e. The van der Waals surface area contributed by atoms with E-state index in [2.05, 4.69) is 21.3 Å². The third-order valence-corrected chi connectivity index (χ3v) is 4.92. The van der Waals surface area contributed by atoms with E-state index in [1.807, 2.05) is 41.2 Å². The SMILES string of the molecule is O=C(NCCCn1ncc2ccccc21)C1CNNC1c1cccc(F)c1. The fraction of sp³-hybridized carbons (Fsp3) is 0.300. The van der Waals surface area contributed by atoms with Crippen molar-refractivity contribution in [3.63, 3.8) is 0 Å². The molecule has 2 atom stereocenters. The zero-order valence-corrected chi connectivity index (χ0v) is 14.9. The number of hydrogen-bond donors (Lipinski definition) is 3. The zero-order valence-electron chi connectivity index (χ0n) is 14.9. The summed E-state index contributed by atoms with van der Waals surface area (Å²) < 4.78 is 15.4. The van der Waals surface area contributed by atoms with Crippen LogP contribution in [0.15, 0.2) is 54.7 Å². The van der Waals surface area contributed by atoms with Gasteiger partial charge in [0.15, 0.2) is 0 Å². The normalized spacial score (nSPS) is 19.4. The van der Waals surface area contributed by atoms with Gasteiger partial charge in [0, 0.05) is 25.0 Å². The Balaban J connectivity index is 1.31. The number of aromatic nitrogens is 2. The van der Waals surface area contributed by atoms with Crippen LogP contribution < -0.4 is 16.2 Å². The van der Waals surface area contributed by atoms with E-state index in [0.717, 1.165) is 29.4 Å². The molecule has 2 aromatic carbocycles. The van der Waals surface area contributed by atoms with E-state index < -0.39 is 0 Å². The molecule has 0 aliphatic carbocycles. The molecule has 7 heteroatoms. The van der Waals surface area contributed by atoms with E-state index in [4.69, 9.17) is 0 Å². The first-order valence-corrected chi connectivity index (χ1v) is 9.14. The van der Waals surface area contributed by atoms with Gasteiger partial charge in [0.2, 0.25) is 5.91 Å². The smallest absolute Gasteiger partial charge is 0.226 e. The highest BCUT2D eigenvalue weighted by molar-refractivity contribution is 5.80. The van der Waals surface area contributed by atoms with Gasteiger partial charge in [-0.15, -0.1) is 0 Å². The molecule has 6 nitrogen and oxygen atoms in total. The number of amides is 1. The molecule has 1 fully saturated rings. The molecule has 3 aromatic rings. The topological polar surface area (TPSA) is 71.0 Å². The van der Waals surface area contributed by atoms with Crippen molar-refractivity contribution in [2.75, 3.05) is 13.1 Å². The summed E-state index contributed by atoms with van der Waals surface area (Å²) in [7, 11) is 0. The van der Waals surface area contributed by atoms with E-state index >= 15 is 0 Å². The van der Waals surface area contributed by atoms with Crippen LogP contribution in [-0.2, 0) is 11.3 Å². The maximum absolute atomic E-state index is 13.5. The molecule has 1 aromatic heterocycles. The molecular weight excluding hydrogens is 345 g/mol. The molecular formula is C20H22FN5O. The Morgan fingerprint density at radius 2 is 2.15 bits per heavy atom. The van der Waals surface area contributed by atoms with Gasteiger partial charge in [-0.25, -0.2) is 9.82 Å². The predicted molar refractivity (Wildman–Crippen MR) is 101 cm³/mol. The van der Waals surface area contributed by atoms with Crippen molar-refractivity contribution in [2.45, 2.75) is 19.0 Å². The quantitative estimate of drug-likeness (QED) is 0.584. The first-order valence-electron chi connectivity index (χ1n) is 9.14. The highest BCUT2D eigenvalue weighted by atomic mass is 19.1. The van der Waals surface area contributed by atoms with Crippen molar-refractivity contribution in [1.82, 2.24) is 25.9 Å². The minimum absolute atomic E-state index is 0.0351. The average molecular weight is 367 g/mol. The van der Waals surface area contributed by atoms with Crippen molar-refractivity contribution >= 4 is 16.8 Å². The molecule has 2 unspecified atom stereocenters. The summed E-state index contributed by atoms with van der Waals surface area (Å²) in [6.07, 6.45) is 2.64. The molecule has 0 spiro atoms. The Kier molecular flexibility index (Phi) is 5.13. The lowest BCUT2D eigenvalue weighted by Crippen LogP contribution is -2.35. The van der Waals surface area contributed by atoms with Crippen molar-refractivity contribution in [2.24, 2.45) is 5.92 Å². The maximum atomic E-state index is 13.5. The van der Waals surface area contributed by atoms with Crippen LogP contribution in [0.25, 0.3) is 10.9 Å². The lowest BCUT2D eigenvalue weighted by Gasteiger charge is -2.18. The van der Waals surface area contributed by atoms with Crippen molar-refractivity contribution < 1.29 is 9.18 Å². The largest absolute Gasteiger partial charge is 0.356 e.